The third-order valence-electron chi connectivity index (χ3n) is 6.67. The average Bonchev–Trinajstić information content (AvgIpc) is 3.43. The number of imidazole rings is 1. The minimum absolute atomic E-state index is 0.140. The number of nitrogens with zero attached hydrogens (tertiary/aromatic N) is 4. The van der Waals surface area contributed by atoms with Crippen molar-refractivity contribution in [3.05, 3.63) is 70.5 Å². The summed E-state index contributed by atoms with van der Waals surface area (Å²) >= 11 is 14.0. The normalized spacial score (nSPS) is 18.9. The van der Waals surface area contributed by atoms with Gasteiger partial charge in [-0.1, -0.05) is 59.2 Å². The minimum atomic E-state index is -0.390. The largest absolute Gasteiger partial charge is 0.485 e. The van der Waals surface area contributed by atoms with Gasteiger partial charge < -0.3 is 21.1 Å². The Morgan fingerprint density at radius 3 is 2.68 bits per heavy atom. The Morgan fingerprint density at radius 2 is 1.88 bits per heavy atom. The van der Waals surface area contributed by atoms with Crippen molar-refractivity contribution in [1.82, 2.24) is 14.4 Å². The molecule has 1 fully saturated rings. The molecular formula is C24H22Cl2N6OS. The zero-order valence-corrected chi connectivity index (χ0v) is 20.4. The van der Waals surface area contributed by atoms with E-state index in [-0.39, 0.29) is 11.6 Å². The molecule has 0 bridgehead atoms. The summed E-state index contributed by atoms with van der Waals surface area (Å²) < 4.78 is 8.36. The van der Waals surface area contributed by atoms with Crippen LogP contribution in [0.3, 0.4) is 0 Å². The first kappa shape index (κ1) is 21.9. The monoisotopic (exact) mass is 512 g/mol. The molecule has 4 heterocycles. The Balaban J connectivity index is 1.29. The number of benzene rings is 2. The van der Waals surface area contributed by atoms with Gasteiger partial charge in [0.1, 0.15) is 17.2 Å². The SMILES string of the molecule is Nc1nc(N2CCC3(CC2)Oc2ccccc2C3N)n2ccnc2c1Sc1cccc(Cl)c1Cl. The molecule has 1 spiro atoms. The predicted octanol–water partition coefficient (Wildman–Crippen LogP) is 5.20. The zero-order valence-electron chi connectivity index (χ0n) is 18.1. The number of ether oxygens (including phenoxy) is 1. The summed E-state index contributed by atoms with van der Waals surface area (Å²) in [6, 6.07) is 13.4. The Labute approximate surface area is 211 Å². The Morgan fingerprint density at radius 1 is 1.09 bits per heavy atom. The number of fused-ring (bicyclic) bond motifs is 2. The Kier molecular flexibility index (Phi) is 5.29. The van der Waals surface area contributed by atoms with E-state index in [0.717, 1.165) is 58.6 Å². The number of aromatic nitrogens is 3. The fourth-order valence-corrected chi connectivity index (χ4v) is 6.28. The molecule has 2 aromatic carbocycles. The molecule has 0 aliphatic carbocycles. The molecule has 1 unspecified atom stereocenters. The van der Waals surface area contributed by atoms with Crippen molar-refractivity contribution < 1.29 is 4.74 Å². The number of nitrogen functional groups attached to an aromatic ring is 1. The molecule has 1 saturated heterocycles. The van der Waals surface area contributed by atoms with Crippen LogP contribution in [0.15, 0.2) is 64.6 Å². The van der Waals surface area contributed by atoms with Crippen molar-refractivity contribution in [2.45, 2.75) is 34.3 Å². The Hall–Kier alpha value is -2.65. The number of anilines is 2. The van der Waals surface area contributed by atoms with Crippen LogP contribution >= 0.6 is 35.0 Å². The maximum atomic E-state index is 6.64. The molecule has 1 atom stereocenters. The van der Waals surface area contributed by atoms with Crippen molar-refractivity contribution in [2.24, 2.45) is 5.73 Å². The van der Waals surface area contributed by atoms with Gasteiger partial charge in [0.05, 0.1) is 21.0 Å². The second-order valence-corrected chi connectivity index (χ2v) is 10.4. The van der Waals surface area contributed by atoms with Crippen LogP contribution in [0.4, 0.5) is 11.8 Å². The van der Waals surface area contributed by atoms with Gasteiger partial charge in [0.25, 0.3) is 0 Å². The van der Waals surface area contributed by atoms with Gasteiger partial charge in [-0.15, -0.1) is 0 Å². The van der Waals surface area contributed by atoms with Gasteiger partial charge in [-0.05, 0) is 18.2 Å². The number of hydrogen-bond donors (Lipinski definition) is 2. The summed E-state index contributed by atoms with van der Waals surface area (Å²) in [6.07, 6.45) is 5.23. The first-order valence-electron chi connectivity index (χ1n) is 11.0. The molecule has 4 aromatic rings. The number of rotatable bonds is 3. The van der Waals surface area contributed by atoms with Gasteiger partial charge in [-0.3, -0.25) is 4.40 Å². The lowest BCUT2D eigenvalue weighted by Gasteiger charge is -2.41. The summed E-state index contributed by atoms with van der Waals surface area (Å²) in [5.74, 6) is 2.05. The van der Waals surface area contributed by atoms with E-state index in [0.29, 0.717) is 15.9 Å². The number of hydrogen-bond acceptors (Lipinski definition) is 7. The van der Waals surface area contributed by atoms with E-state index < -0.39 is 0 Å². The van der Waals surface area contributed by atoms with Gasteiger partial charge >= 0.3 is 0 Å². The summed E-state index contributed by atoms with van der Waals surface area (Å²) in [7, 11) is 0. The van der Waals surface area contributed by atoms with Crippen LogP contribution in [0.25, 0.3) is 5.65 Å². The van der Waals surface area contributed by atoms with Crippen molar-refractivity contribution >= 4 is 52.4 Å². The molecule has 2 aliphatic rings. The topological polar surface area (TPSA) is 94.7 Å². The first-order valence-corrected chi connectivity index (χ1v) is 12.6. The molecule has 0 radical (unpaired) electrons. The fraction of sp³-hybridized carbons (Fsp3) is 0.250. The van der Waals surface area contributed by atoms with Gasteiger partial charge in [0.2, 0.25) is 5.95 Å². The lowest BCUT2D eigenvalue weighted by Crippen LogP contribution is -2.52. The third-order valence-corrected chi connectivity index (χ3v) is 8.75. The van der Waals surface area contributed by atoms with Gasteiger partial charge in [0.15, 0.2) is 5.65 Å². The van der Waals surface area contributed by atoms with Crippen molar-refractivity contribution in [1.29, 1.82) is 0 Å². The van der Waals surface area contributed by atoms with Crippen LogP contribution in [0.1, 0.15) is 24.4 Å². The van der Waals surface area contributed by atoms with E-state index >= 15 is 0 Å². The fourth-order valence-electron chi connectivity index (χ4n) is 4.85. The molecule has 0 saturated carbocycles. The quantitative estimate of drug-likeness (QED) is 0.389. The highest BCUT2D eigenvalue weighted by atomic mass is 35.5. The van der Waals surface area contributed by atoms with E-state index in [1.165, 1.54) is 11.8 Å². The maximum absolute atomic E-state index is 6.64. The van der Waals surface area contributed by atoms with Crippen molar-refractivity contribution in [2.75, 3.05) is 23.7 Å². The molecule has 174 valence electrons. The number of piperidine rings is 1. The van der Waals surface area contributed by atoms with E-state index in [4.69, 9.17) is 44.4 Å². The first-order chi connectivity index (χ1) is 16.5. The van der Waals surface area contributed by atoms with Gasteiger partial charge in [-0.25, -0.2) is 4.98 Å². The highest BCUT2D eigenvalue weighted by Gasteiger charge is 2.48. The predicted molar refractivity (Wildman–Crippen MR) is 136 cm³/mol. The molecule has 7 nitrogen and oxygen atoms in total. The van der Waals surface area contributed by atoms with Crippen LogP contribution in [0.2, 0.25) is 10.0 Å². The number of halogens is 2. The van der Waals surface area contributed by atoms with Crippen molar-refractivity contribution in [3.63, 3.8) is 0 Å². The zero-order chi connectivity index (χ0) is 23.4. The van der Waals surface area contributed by atoms with Crippen LogP contribution in [-0.4, -0.2) is 33.1 Å². The second-order valence-electron chi connectivity index (χ2n) is 8.57. The van der Waals surface area contributed by atoms with E-state index in [9.17, 15) is 0 Å². The average molecular weight is 513 g/mol. The number of para-hydroxylation sites is 1. The van der Waals surface area contributed by atoms with E-state index in [1.807, 2.05) is 40.9 Å². The third kappa shape index (κ3) is 3.40. The summed E-state index contributed by atoms with van der Waals surface area (Å²) in [6.45, 7) is 1.49. The highest BCUT2D eigenvalue weighted by molar-refractivity contribution is 7.99. The van der Waals surface area contributed by atoms with Crippen LogP contribution in [-0.2, 0) is 0 Å². The van der Waals surface area contributed by atoms with Crippen LogP contribution in [0, 0.1) is 0 Å². The van der Waals surface area contributed by atoms with E-state index in [2.05, 4.69) is 16.0 Å². The molecule has 4 N–H and O–H groups in total. The van der Waals surface area contributed by atoms with Crippen LogP contribution < -0.4 is 21.1 Å². The molecular weight excluding hydrogens is 491 g/mol. The van der Waals surface area contributed by atoms with Gasteiger partial charge in [0, 0.05) is 48.8 Å². The number of nitrogens with two attached hydrogens (primary N) is 2. The second kappa shape index (κ2) is 8.23. The molecule has 34 heavy (non-hydrogen) atoms. The summed E-state index contributed by atoms with van der Waals surface area (Å²) in [5.41, 5.74) is 14.5. The van der Waals surface area contributed by atoms with Crippen LogP contribution in [0.5, 0.6) is 5.75 Å². The summed E-state index contributed by atoms with van der Waals surface area (Å²) in [4.78, 5) is 13.1. The van der Waals surface area contributed by atoms with E-state index in [1.54, 1.807) is 12.3 Å². The molecule has 2 aromatic heterocycles. The summed E-state index contributed by atoms with van der Waals surface area (Å²) in [5, 5.41) is 0.975. The standard InChI is InChI=1S/C24H22Cl2N6OS/c25-15-5-3-7-17(18(15)26)34-19-21(28)30-23(32-13-10-29-22(19)32)31-11-8-24(9-12-31)20(27)14-4-1-2-6-16(14)33-24/h1-7,10,13,20H,8-9,11-12,27-28H2. The smallest absolute Gasteiger partial charge is 0.213 e. The van der Waals surface area contributed by atoms with Gasteiger partial charge in [-0.2, -0.15) is 4.98 Å². The minimum Gasteiger partial charge on any atom is -0.485 e. The lowest BCUT2D eigenvalue weighted by atomic mass is 9.83. The molecule has 0 amide bonds. The lowest BCUT2D eigenvalue weighted by molar-refractivity contribution is 0.0429. The highest BCUT2D eigenvalue weighted by Crippen LogP contribution is 2.47. The molecule has 10 heteroatoms. The molecule has 6 rings (SSSR count). The maximum Gasteiger partial charge on any atom is 0.213 e. The van der Waals surface area contributed by atoms with Crippen molar-refractivity contribution in [3.8, 4) is 5.75 Å². The molecule has 2 aliphatic heterocycles. The Bertz CT molecular complexity index is 1400.